The predicted octanol–water partition coefficient (Wildman–Crippen LogP) is 2.96. The van der Waals surface area contributed by atoms with Gasteiger partial charge in [-0.2, -0.15) is 5.10 Å². The van der Waals surface area contributed by atoms with E-state index < -0.39 is 24.4 Å². The fraction of sp³-hybridized carbons (Fsp3) is 0.261. The van der Waals surface area contributed by atoms with Crippen molar-refractivity contribution in [3.05, 3.63) is 78.5 Å². The molecule has 3 atom stereocenters. The minimum Gasteiger partial charge on any atom is -0.406 e. The van der Waals surface area contributed by atoms with Crippen LogP contribution in [0.3, 0.4) is 0 Å². The van der Waals surface area contributed by atoms with E-state index in [9.17, 15) is 23.1 Å². The van der Waals surface area contributed by atoms with E-state index >= 15 is 0 Å². The summed E-state index contributed by atoms with van der Waals surface area (Å²) in [5.41, 5.74) is 1.73. The number of carbonyl (C=O) groups is 1. The third-order valence-electron chi connectivity index (χ3n) is 5.02. The third kappa shape index (κ3) is 6.07. The van der Waals surface area contributed by atoms with Gasteiger partial charge in [0, 0.05) is 11.6 Å². The summed E-state index contributed by atoms with van der Waals surface area (Å²) < 4.78 is 46.5. The number of aliphatic hydroxyl groups excluding tert-OH is 1. The molecule has 0 bridgehead atoms. The molecule has 0 fully saturated rings. The Morgan fingerprint density at radius 3 is 2.53 bits per heavy atom. The van der Waals surface area contributed by atoms with Gasteiger partial charge in [0.2, 0.25) is 0 Å². The second-order valence-electron chi connectivity index (χ2n) is 7.56. The quantitative estimate of drug-likeness (QED) is 0.508. The molecule has 0 saturated heterocycles. The average Bonchev–Trinajstić information content (AvgIpc) is 3.30. The highest BCUT2D eigenvalue weighted by molar-refractivity contribution is 5.84. The first-order chi connectivity index (χ1) is 16.3. The molecule has 2 heterocycles. The fourth-order valence-corrected chi connectivity index (χ4v) is 3.40. The summed E-state index contributed by atoms with van der Waals surface area (Å²) in [7, 11) is 0. The number of hydrogen-bond donors (Lipinski definition) is 2. The van der Waals surface area contributed by atoms with Gasteiger partial charge in [0.25, 0.3) is 5.91 Å². The van der Waals surface area contributed by atoms with E-state index in [1.54, 1.807) is 6.08 Å². The highest BCUT2D eigenvalue weighted by atomic mass is 19.4. The van der Waals surface area contributed by atoms with Gasteiger partial charge in [0.15, 0.2) is 0 Å². The number of alkyl halides is 3. The molecule has 4 rings (SSSR count). The number of aromatic nitrogens is 3. The van der Waals surface area contributed by atoms with Gasteiger partial charge in [-0.05, 0) is 29.8 Å². The SMILES string of the molecule is O=C(C1N[C@@H](COCc2ccccc2)C=C[C@H]1O)n1ncc(-c2ccc(OC(F)(F)F)cc2)n1. The van der Waals surface area contributed by atoms with Crippen molar-refractivity contribution in [3.8, 4) is 17.0 Å². The molecule has 1 aromatic heterocycles. The summed E-state index contributed by atoms with van der Waals surface area (Å²) in [6, 6.07) is 13.3. The minimum atomic E-state index is -4.79. The van der Waals surface area contributed by atoms with Crippen molar-refractivity contribution in [2.45, 2.75) is 31.2 Å². The van der Waals surface area contributed by atoms with E-state index in [4.69, 9.17) is 4.74 Å². The molecule has 0 aliphatic carbocycles. The lowest BCUT2D eigenvalue weighted by molar-refractivity contribution is -0.274. The van der Waals surface area contributed by atoms with Gasteiger partial charge in [-0.1, -0.05) is 42.5 Å². The Bertz CT molecular complexity index is 1130. The predicted molar refractivity (Wildman–Crippen MR) is 115 cm³/mol. The molecule has 1 aliphatic heterocycles. The smallest absolute Gasteiger partial charge is 0.406 e. The maximum Gasteiger partial charge on any atom is 0.573 e. The zero-order valence-corrected chi connectivity index (χ0v) is 17.7. The van der Waals surface area contributed by atoms with E-state index in [2.05, 4.69) is 20.3 Å². The zero-order valence-electron chi connectivity index (χ0n) is 17.7. The van der Waals surface area contributed by atoms with Gasteiger partial charge in [-0.15, -0.1) is 23.1 Å². The van der Waals surface area contributed by atoms with Gasteiger partial charge in [0.05, 0.1) is 25.5 Å². The summed E-state index contributed by atoms with van der Waals surface area (Å²) in [5.74, 6) is -0.963. The van der Waals surface area contributed by atoms with Gasteiger partial charge in [0.1, 0.15) is 17.5 Å². The molecule has 34 heavy (non-hydrogen) atoms. The van der Waals surface area contributed by atoms with E-state index in [0.717, 1.165) is 22.5 Å². The fourth-order valence-electron chi connectivity index (χ4n) is 3.40. The highest BCUT2D eigenvalue weighted by Gasteiger charge is 2.33. The molecular weight excluding hydrogens is 453 g/mol. The maximum atomic E-state index is 12.9. The second-order valence-corrected chi connectivity index (χ2v) is 7.56. The second kappa shape index (κ2) is 10.2. The lowest BCUT2D eigenvalue weighted by Crippen LogP contribution is -2.55. The molecule has 2 N–H and O–H groups in total. The summed E-state index contributed by atoms with van der Waals surface area (Å²) in [4.78, 5) is 13.7. The standard InChI is InChI=1S/C23H21F3N4O4/c24-23(25,26)34-18-9-6-16(7-10-18)19-12-27-30(29-19)22(32)21-20(31)11-8-17(28-21)14-33-13-15-4-2-1-3-5-15/h1-12,17,20-21,28,31H,13-14H2/t17-,20-,21?/m1/s1. The van der Waals surface area contributed by atoms with Crippen LogP contribution in [0, 0.1) is 0 Å². The Morgan fingerprint density at radius 2 is 1.82 bits per heavy atom. The van der Waals surface area contributed by atoms with E-state index in [1.807, 2.05) is 30.3 Å². The monoisotopic (exact) mass is 474 g/mol. The molecule has 178 valence electrons. The van der Waals surface area contributed by atoms with Gasteiger partial charge >= 0.3 is 6.36 Å². The van der Waals surface area contributed by atoms with Crippen molar-refractivity contribution >= 4 is 5.91 Å². The van der Waals surface area contributed by atoms with Crippen LogP contribution in [0.5, 0.6) is 5.75 Å². The maximum absolute atomic E-state index is 12.9. The molecule has 0 spiro atoms. The van der Waals surface area contributed by atoms with Crippen LogP contribution in [0.2, 0.25) is 0 Å². The number of carbonyl (C=O) groups excluding carboxylic acids is 1. The van der Waals surface area contributed by atoms with Crippen LogP contribution in [0.25, 0.3) is 11.3 Å². The number of halogens is 3. The first-order valence-corrected chi connectivity index (χ1v) is 10.4. The van der Waals surface area contributed by atoms with Crippen LogP contribution in [0.4, 0.5) is 13.2 Å². The number of rotatable bonds is 7. The van der Waals surface area contributed by atoms with Crippen molar-refractivity contribution in [2.75, 3.05) is 6.61 Å². The van der Waals surface area contributed by atoms with Crippen LogP contribution in [-0.2, 0) is 11.3 Å². The molecule has 0 amide bonds. The largest absolute Gasteiger partial charge is 0.573 e. The van der Waals surface area contributed by atoms with Crippen LogP contribution < -0.4 is 10.1 Å². The molecule has 3 aromatic rings. The Kier molecular flexibility index (Phi) is 7.06. The van der Waals surface area contributed by atoms with Crippen LogP contribution in [0.1, 0.15) is 10.4 Å². The normalized spacial score (nSPS) is 20.3. The van der Waals surface area contributed by atoms with E-state index in [-0.39, 0.29) is 24.1 Å². The lowest BCUT2D eigenvalue weighted by atomic mass is 10.0. The molecule has 2 aromatic carbocycles. The first-order valence-electron chi connectivity index (χ1n) is 10.4. The first kappa shape index (κ1) is 23.6. The number of nitrogens with one attached hydrogen (secondary N) is 1. The zero-order chi connectivity index (χ0) is 24.1. The number of aliphatic hydroxyl groups is 1. The van der Waals surface area contributed by atoms with Crippen LogP contribution in [0.15, 0.2) is 72.9 Å². The Balaban J connectivity index is 1.37. The average molecular weight is 474 g/mol. The molecule has 0 saturated carbocycles. The number of nitrogens with zero attached hydrogens (tertiary/aromatic N) is 3. The lowest BCUT2D eigenvalue weighted by Gasteiger charge is -2.28. The third-order valence-corrected chi connectivity index (χ3v) is 5.02. The van der Waals surface area contributed by atoms with E-state index in [1.165, 1.54) is 24.4 Å². The van der Waals surface area contributed by atoms with Crippen LogP contribution in [-0.4, -0.2) is 57.2 Å². The molecule has 0 radical (unpaired) electrons. The van der Waals surface area contributed by atoms with Crippen molar-refractivity contribution < 1.29 is 32.5 Å². The van der Waals surface area contributed by atoms with Crippen LogP contribution >= 0.6 is 0 Å². The van der Waals surface area contributed by atoms with Crippen molar-refractivity contribution in [1.29, 1.82) is 0 Å². The molecular formula is C23H21F3N4O4. The number of benzene rings is 2. The Hall–Kier alpha value is -3.54. The van der Waals surface area contributed by atoms with Gasteiger partial charge < -0.3 is 14.6 Å². The van der Waals surface area contributed by atoms with Crippen molar-refractivity contribution in [3.63, 3.8) is 0 Å². The topological polar surface area (TPSA) is 98.5 Å². The summed E-state index contributed by atoms with van der Waals surface area (Å²) >= 11 is 0. The Labute approximate surface area is 192 Å². The molecule has 1 unspecified atom stereocenters. The Morgan fingerprint density at radius 1 is 1.09 bits per heavy atom. The van der Waals surface area contributed by atoms with Crippen molar-refractivity contribution in [1.82, 2.24) is 20.3 Å². The summed E-state index contributed by atoms with van der Waals surface area (Å²) in [6.45, 7) is 0.691. The van der Waals surface area contributed by atoms with Gasteiger partial charge in [-0.25, -0.2) is 0 Å². The van der Waals surface area contributed by atoms with E-state index in [0.29, 0.717) is 12.2 Å². The molecule has 11 heteroatoms. The van der Waals surface area contributed by atoms with Crippen molar-refractivity contribution in [2.24, 2.45) is 0 Å². The van der Waals surface area contributed by atoms with Gasteiger partial charge in [-0.3, -0.25) is 10.1 Å². The summed E-state index contributed by atoms with van der Waals surface area (Å²) in [6.07, 6.45) is -1.33. The molecule has 1 aliphatic rings. The number of hydrogen-bond acceptors (Lipinski definition) is 7. The summed E-state index contributed by atoms with van der Waals surface area (Å²) in [5, 5.41) is 21.4. The molecule has 8 nitrogen and oxygen atoms in total. The number of ether oxygens (including phenoxy) is 2. The minimum absolute atomic E-state index is 0.274. The highest BCUT2D eigenvalue weighted by Crippen LogP contribution is 2.25.